The second kappa shape index (κ2) is 13.2. The largest absolute Gasteiger partial charge is 0.508 e. The molecular formula is C31H25BrN2O5. The predicted molar refractivity (Wildman–Crippen MR) is 153 cm³/mol. The molecule has 0 aromatic heterocycles. The molecule has 0 bridgehead atoms. The molecule has 39 heavy (non-hydrogen) atoms. The van der Waals surface area contributed by atoms with Crippen molar-refractivity contribution in [2.45, 2.75) is 13.2 Å². The molecule has 4 aromatic rings. The number of hydrogen-bond donors (Lipinski definition) is 2. The number of ether oxygens (including phenoxy) is 3. The fourth-order valence-corrected chi connectivity index (χ4v) is 4.01. The Balaban J connectivity index is 1.48. The van der Waals surface area contributed by atoms with Gasteiger partial charge in [0.15, 0.2) is 11.5 Å². The number of benzene rings is 4. The minimum Gasteiger partial charge on any atom is -0.508 e. The van der Waals surface area contributed by atoms with Crippen molar-refractivity contribution in [2.24, 2.45) is 0 Å². The number of hydrogen-bond acceptors (Lipinski definition) is 6. The van der Waals surface area contributed by atoms with Crippen LogP contribution in [0.4, 0.5) is 5.69 Å². The van der Waals surface area contributed by atoms with E-state index in [0.717, 1.165) is 15.6 Å². The highest BCUT2D eigenvalue weighted by Gasteiger charge is 2.13. The van der Waals surface area contributed by atoms with E-state index in [9.17, 15) is 15.2 Å². The standard InChI is InChI=1S/C31H25BrN2O5/c1-37-30-15-22(7-13-29(30)39-19-21-5-3-2-4-6-21)20-38-28-14-8-25(32)17-23(28)16-24(18-33)31(36)34-26-9-11-27(35)12-10-26/h2-17,35H,19-20H2,1H3,(H,34,36)/b24-16+. The van der Waals surface area contributed by atoms with Gasteiger partial charge in [-0.15, -0.1) is 0 Å². The lowest BCUT2D eigenvalue weighted by Gasteiger charge is -2.14. The number of halogens is 1. The van der Waals surface area contributed by atoms with E-state index in [1.54, 1.807) is 31.4 Å². The number of nitrogens with zero attached hydrogens (tertiary/aromatic N) is 1. The zero-order valence-corrected chi connectivity index (χ0v) is 22.6. The molecule has 8 heteroatoms. The van der Waals surface area contributed by atoms with Crippen LogP contribution in [0.5, 0.6) is 23.0 Å². The lowest BCUT2D eigenvalue weighted by molar-refractivity contribution is -0.112. The van der Waals surface area contributed by atoms with Crippen LogP contribution in [0.2, 0.25) is 0 Å². The van der Waals surface area contributed by atoms with Crippen LogP contribution < -0.4 is 19.5 Å². The lowest BCUT2D eigenvalue weighted by atomic mass is 10.1. The molecule has 0 aliphatic carbocycles. The third-order valence-electron chi connectivity index (χ3n) is 5.62. The van der Waals surface area contributed by atoms with Gasteiger partial charge in [0.05, 0.1) is 7.11 Å². The highest BCUT2D eigenvalue weighted by Crippen LogP contribution is 2.31. The summed E-state index contributed by atoms with van der Waals surface area (Å²) in [5, 5.41) is 21.7. The SMILES string of the molecule is COc1cc(COc2ccc(Br)cc2/C=C(\C#N)C(=O)Nc2ccc(O)cc2)ccc1OCc1ccccc1. The van der Waals surface area contributed by atoms with E-state index < -0.39 is 5.91 Å². The molecule has 0 heterocycles. The first kappa shape index (κ1) is 27.3. The molecule has 2 N–H and O–H groups in total. The van der Waals surface area contributed by atoms with E-state index in [0.29, 0.717) is 35.1 Å². The van der Waals surface area contributed by atoms with Gasteiger partial charge in [-0.05, 0) is 71.8 Å². The van der Waals surface area contributed by atoms with Crippen molar-refractivity contribution in [1.82, 2.24) is 0 Å². The van der Waals surface area contributed by atoms with Gasteiger partial charge in [-0.2, -0.15) is 5.26 Å². The number of rotatable bonds is 10. The summed E-state index contributed by atoms with van der Waals surface area (Å²) in [7, 11) is 1.58. The summed E-state index contributed by atoms with van der Waals surface area (Å²) in [5.74, 6) is 1.19. The zero-order chi connectivity index (χ0) is 27.6. The molecule has 1 amide bonds. The van der Waals surface area contributed by atoms with Gasteiger partial charge in [-0.3, -0.25) is 4.79 Å². The lowest BCUT2D eigenvalue weighted by Crippen LogP contribution is -2.13. The van der Waals surface area contributed by atoms with Crippen LogP contribution in [0.1, 0.15) is 16.7 Å². The third kappa shape index (κ3) is 7.63. The summed E-state index contributed by atoms with van der Waals surface area (Å²) < 4.78 is 18.3. The molecule has 0 saturated heterocycles. The van der Waals surface area contributed by atoms with Crippen LogP contribution in [-0.4, -0.2) is 18.1 Å². The summed E-state index contributed by atoms with van der Waals surface area (Å²) in [6.07, 6.45) is 1.47. The van der Waals surface area contributed by atoms with Crippen LogP contribution in [0.3, 0.4) is 0 Å². The van der Waals surface area contributed by atoms with Crippen molar-refractivity contribution in [3.63, 3.8) is 0 Å². The van der Waals surface area contributed by atoms with Crippen molar-refractivity contribution >= 4 is 33.6 Å². The van der Waals surface area contributed by atoms with Gasteiger partial charge in [0.2, 0.25) is 0 Å². The van der Waals surface area contributed by atoms with Crippen molar-refractivity contribution in [3.8, 4) is 29.1 Å². The molecule has 0 saturated carbocycles. The topological polar surface area (TPSA) is 101 Å². The zero-order valence-electron chi connectivity index (χ0n) is 21.1. The molecule has 4 rings (SSSR count). The van der Waals surface area contributed by atoms with E-state index in [2.05, 4.69) is 21.2 Å². The maximum atomic E-state index is 12.7. The maximum absolute atomic E-state index is 12.7. The average Bonchev–Trinajstić information content (AvgIpc) is 2.96. The molecule has 0 fully saturated rings. The summed E-state index contributed by atoms with van der Waals surface area (Å²) in [6, 6.07) is 28.7. The Kier molecular flexibility index (Phi) is 9.22. The van der Waals surface area contributed by atoms with Gasteiger partial charge in [0, 0.05) is 15.7 Å². The number of carbonyl (C=O) groups is 1. The summed E-state index contributed by atoms with van der Waals surface area (Å²) in [5.41, 5.74) is 2.80. The van der Waals surface area contributed by atoms with Crippen molar-refractivity contribution in [3.05, 3.63) is 118 Å². The van der Waals surface area contributed by atoms with Crippen LogP contribution in [-0.2, 0) is 18.0 Å². The molecule has 4 aromatic carbocycles. The minimum atomic E-state index is -0.579. The first-order valence-electron chi connectivity index (χ1n) is 11.9. The summed E-state index contributed by atoms with van der Waals surface area (Å²) >= 11 is 3.44. The van der Waals surface area contributed by atoms with Crippen molar-refractivity contribution in [2.75, 3.05) is 12.4 Å². The van der Waals surface area contributed by atoms with Gasteiger partial charge in [0.25, 0.3) is 5.91 Å². The Morgan fingerprint density at radius 3 is 2.31 bits per heavy atom. The van der Waals surface area contributed by atoms with Gasteiger partial charge >= 0.3 is 0 Å². The normalized spacial score (nSPS) is 10.8. The number of nitrogens with one attached hydrogen (secondary N) is 1. The number of aromatic hydroxyl groups is 1. The van der Waals surface area contributed by atoms with E-state index in [4.69, 9.17) is 14.2 Å². The second-order valence-corrected chi connectivity index (χ2v) is 9.32. The first-order valence-corrected chi connectivity index (χ1v) is 12.7. The van der Waals surface area contributed by atoms with Gasteiger partial charge in [-0.1, -0.05) is 52.3 Å². The fraction of sp³-hybridized carbons (Fsp3) is 0.0968. The van der Waals surface area contributed by atoms with Gasteiger partial charge in [-0.25, -0.2) is 0 Å². The van der Waals surface area contributed by atoms with Crippen LogP contribution >= 0.6 is 15.9 Å². The highest BCUT2D eigenvalue weighted by molar-refractivity contribution is 9.10. The molecule has 0 atom stereocenters. The molecular weight excluding hydrogens is 560 g/mol. The second-order valence-electron chi connectivity index (χ2n) is 8.40. The van der Waals surface area contributed by atoms with Crippen LogP contribution in [0, 0.1) is 11.3 Å². The number of nitriles is 1. The van der Waals surface area contributed by atoms with Gasteiger partial charge < -0.3 is 24.6 Å². The Hall–Kier alpha value is -4.74. The highest BCUT2D eigenvalue weighted by atomic mass is 79.9. The maximum Gasteiger partial charge on any atom is 0.266 e. The van der Waals surface area contributed by atoms with Crippen LogP contribution in [0.15, 0.2) is 101 Å². The number of phenols is 1. The molecule has 0 aliphatic heterocycles. The molecule has 0 unspecified atom stereocenters. The number of methoxy groups -OCH3 is 1. The number of carbonyl (C=O) groups excluding carboxylic acids is 1. The monoisotopic (exact) mass is 584 g/mol. The van der Waals surface area contributed by atoms with Gasteiger partial charge in [0.1, 0.15) is 36.4 Å². The quantitative estimate of drug-likeness (QED) is 0.120. The van der Waals surface area contributed by atoms with E-state index in [1.807, 2.05) is 60.7 Å². The predicted octanol–water partition coefficient (Wildman–Crippen LogP) is 6.87. The van der Waals surface area contributed by atoms with Crippen molar-refractivity contribution < 1.29 is 24.1 Å². The minimum absolute atomic E-state index is 0.0759. The van der Waals surface area contributed by atoms with Crippen molar-refractivity contribution in [1.29, 1.82) is 5.26 Å². The Bertz CT molecular complexity index is 1510. The first-order chi connectivity index (χ1) is 18.9. The number of anilines is 1. The Labute approximate surface area is 235 Å². The fourth-order valence-electron chi connectivity index (χ4n) is 3.63. The Morgan fingerprint density at radius 2 is 1.59 bits per heavy atom. The summed E-state index contributed by atoms with van der Waals surface area (Å²) in [6.45, 7) is 0.641. The number of amides is 1. The molecule has 7 nitrogen and oxygen atoms in total. The summed E-state index contributed by atoms with van der Waals surface area (Å²) in [4.78, 5) is 12.7. The Morgan fingerprint density at radius 1 is 0.897 bits per heavy atom. The van der Waals surface area contributed by atoms with E-state index in [1.165, 1.54) is 18.2 Å². The van der Waals surface area contributed by atoms with Crippen LogP contribution in [0.25, 0.3) is 6.08 Å². The number of phenolic OH excluding ortho intramolecular Hbond substituents is 1. The average molecular weight is 585 g/mol. The molecule has 0 radical (unpaired) electrons. The molecule has 0 aliphatic rings. The molecule has 196 valence electrons. The van der Waals surface area contributed by atoms with E-state index >= 15 is 0 Å². The third-order valence-corrected chi connectivity index (χ3v) is 6.11. The smallest absolute Gasteiger partial charge is 0.266 e. The molecule has 0 spiro atoms. The van der Waals surface area contributed by atoms with E-state index in [-0.39, 0.29) is 17.9 Å².